The van der Waals surface area contributed by atoms with Crippen LogP contribution in [-0.4, -0.2) is 37.1 Å². The Labute approximate surface area is 155 Å². The fourth-order valence-corrected chi connectivity index (χ4v) is 3.12. The number of carbonyl (C=O) groups is 1. The number of amides is 1. The van der Waals surface area contributed by atoms with Crippen LogP contribution in [0.5, 0.6) is 5.75 Å². The predicted molar refractivity (Wildman–Crippen MR) is 93.2 cm³/mol. The van der Waals surface area contributed by atoms with Crippen molar-refractivity contribution in [1.29, 1.82) is 0 Å². The molecule has 0 aromatic heterocycles. The number of hydrogen-bond acceptors (Lipinski definition) is 5. The Hall–Kier alpha value is -2.71. The van der Waals surface area contributed by atoms with Gasteiger partial charge in [-0.2, -0.15) is 0 Å². The second kappa shape index (κ2) is 8.32. The molecule has 6 nitrogen and oxygen atoms in total. The minimum Gasteiger partial charge on any atom is -0.497 e. The van der Waals surface area contributed by atoms with Gasteiger partial charge in [-0.25, -0.2) is 13.6 Å². The number of rotatable bonds is 5. The summed E-state index contributed by atoms with van der Waals surface area (Å²) >= 11 is 0. The van der Waals surface area contributed by atoms with E-state index in [9.17, 15) is 18.7 Å². The van der Waals surface area contributed by atoms with Crippen LogP contribution in [0.2, 0.25) is 0 Å². The zero-order valence-electron chi connectivity index (χ0n) is 14.6. The number of alkyl carbamates (subject to hydrolysis) is 1. The lowest BCUT2D eigenvalue weighted by Crippen LogP contribution is -2.46. The molecule has 144 valence electrons. The maximum Gasteiger partial charge on any atom is 0.407 e. The average molecular weight is 378 g/mol. The molecule has 1 saturated heterocycles. The van der Waals surface area contributed by atoms with Gasteiger partial charge in [0.15, 0.2) is 0 Å². The SMILES string of the molecule is COc1cc(F)c([C@@H]2CNC(O)[C@H]2NC(=O)OCc2ccccc2)c(F)c1. The van der Waals surface area contributed by atoms with Gasteiger partial charge in [-0.05, 0) is 5.56 Å². The zero-order chi connectivity index (χ0) is 19.4. The van der Waals surface area contributed by atoms with Gasteiger partial charge in [-0.3, -0.25) is 5.32 Å². The molecular formula is C19H20F2N2O4. The molecule has 1 heterocycles. The van der Waals surface area contributed by atoms with Gasteiger partial charge in [0, 0.05) is 30.2 Å². The standard InChI is InChI=1S/C19H20F2N2O4/c1-26-12-7-14(20)16(15(21)8-12)13-9-22-18(24)17(13)23-19(25)27-10-11-5-3-2-4-6-11/h2-8,13,17-18,22,24H,9-10H2,1H3,(H,23,25)/t13-,17-,18?/m0/s1. The Morgan fingerprint density at radius 2 is 1.93 bits per heavy atom. The first-order chi connectivity index (χ1) is 13.0. The van der Waals surface area contributed by atoms with Crippen LogP contribution < -0.4 is 15.4 Å². The highest BCUT2D eigenvalue weighted by Crippen LogP contribution is 2.32. The van der Waals surface area contributed by atoms with Crippen molar-refractivity contribution < 1.29 is 28.2 Å². The Morgan fingerprint density at radius 3 is 2.56 bits per heavy atom. The van der Waals surface area contributed by atoms with Gasteiger partial charge in [0.05, 0.1) is 13.2 Å². The molecule has 8 heteroatoms. The van der Waals surface area contributed by atoms with E-state index in [4.69, 9.17) is 9.47 Å². The highest BCUT2D eigenvalue weighted by atomic mass is 19.1. The molecule has 0 aliphatic carbocycles. The van der Waals surface area contributed by atoms with Crippen molar-refractivity contribution in [3.05, 3.63) is 65.2 Å². The molecule has 1 amide bonds. The third-order valence-corrected chi connectivity index (χ3v) is 4.48. The summed E-state index contributed by atoms with van der Waals surface area (Å²) in [6.45, 7) is 0.129. The van der Waals surface area contributed by atoms with E-state index in [-0.39, 0.29) is 24.5 Å². The summed E-state index contributed by atoms with van der Waals surface area (Å²) in [6, 6.07) is 10.2. The molecule has 3 atom stereocenters. The van der Waals surface area contributed by atoms with Crippen LogP contribution in [0.15, 0.2) is 42.5 Å². The van der Waals surface area contributed by atoms with Crippen molar-refractivity contribution >= 4 is 6.09 Å². The Kier molecular flexibility index (Phi) is 5.88. The van der Waals surface area contributed by atoms with Crippen LogP contribution in [0.4, 0.5) is 13.6 Å². The molecule has 1 unspecified atom stereocenters. The summed E-state index contributed by atoms with van der Waals surface area (Å²) in [5, 5.41) is 15.3. The summed E-state index contributed by atoms with van der Waals surface area (Å²) in [7, 11) is 1.31. The molecule has 3 N–H and O–H groups in total. The summed E-state index contributed by atoms with van der Waals surface area (Å²) < 4.78 is 38.7. The van der Waals surface area contributed by atoms with E-state index in [1.54, 1.807) is 12.1 Å². The number of aliphatic hydroxyl groups excluding tert-OH is 1. The third-order valence-electron chi connectivity index (χ3n) is 4.48. The summed E-state index contributed by atoms with van der Waals surface area (Å²) in [4.78, 5) is 12.1. The Morgan fingerprint density at radius 1 is 1.26 bits per heavy atom. The molecule has 3 rings (SSSR count). The van der Waals surface area contributed by atoms with E-state index in [0.717, 1.165) is 17.7 Å². The smallest absolute Gasteiger partial charge is 0.407 e. The van der Waals surface area contributed by atoms with Crippen LogP contribution in [0.3, 0.4) is 0 Å². The van der Waals surface area contributed by atoms with Gasteiger partial charge < -0.3 is 19.9 Å². The normalized spacial score (nSPS) is 21.7. The molecule has 2 aromatic rings. The zero-order valence-corrected chi connectivity index (χ0v) is 14.6. The van der Waals surface area contributed by atoms with Crippen molar-refractivity contribution in [3.63, 3.8) is 0 Å². The topological polar surface area (TPSA) is 79.8 Å². The van der Waals surface area contributed by atoms with Crippen LogP contribution in [0.1, 0.15) is 17.0 Å². The highest BCUT2D eigenvalue weighted by Gasteiger charge is 2.40. The molecule has 1 aliphatic heterocycles. The first-order valence-electron chi connectivity index (χ1n) is 8.41. The molecule has 1 aliphatic rings. The molecule has 0 saturated carbocycles. The number of methoxy groups -OCH3 is 1. The third kappa shape index (κ3) is 4.35. The number of aliphatic hydroxyl groups is 1. The number of nitrogens with one attached hydrogen (secondary N) is 2. The largest absolute Gasteiger partial charge is 0.497 e. The van der Waals surface area contributed by atoms with Crippen molar-refractivity contribution in [1.82, 2.24) is 10.6 Å². The van der Waals surface area contributed by atoms with Gasteiger partial charge in [-0.1, -0.05) is 30.3 Å². The van der Waals surface area contributed by atoms with Crippen LogP contribution in [-0.2, 0) is 11.3 Å². The Balaban J connectivity index is 1.71. The van der Waals surface area contributed by atoms with Gasteiger partial charge in [0.25, 0.3) is 0 Å². The average Bonchev–Trinajstić information content (AvgIpc) is 3.00. The van der Waals surface area contributed by atoms with Crippen molar-refractivity contribution in [2.24, 2.45) is 0 Å². The molecule has 1 fully saturated rings. The molecule has 0 bridgehead atoms. The minimum atomic E-state index is -1.17. The van der Waals surface area contributed by atoms with Crippen molar-refractivity contribution in [2.45, 2.75) is 24.8 Å². The first kappa shape index (κ1) is 19.1. The molecule has 27 heavy (non-hydrogen) atoms. The lowest BCUT2D eigenvalue weighted by atomic mass is 9.92. The Bertz CT molecular complexity index is 781. The lowest BCUT2D eigenvalue weighted by Gasteiger charge is -2.23. The fraction of sp³-hybridized carbons (Fsp3) is 0.316. The molecule has 0 radical (unpaired) electrons. The van der Waals surface area contributed by atoms with Crippen molar-refractivity contribution in [3.8, 4) is 5.75 Å². The van der Waals surface area contributed by atoms with E-state index in [1.165, 1.54) is 7.11 Å². The maximum absolute atomic E-state index is 14.4. The first-order valence-corrected chi connectivity index (χ1v) is 8.41. The fourth-order valence-electron chi connectivity index (χ4n) is 3.12. The number of halogens is 2. The highest BCUT2D eigenvalue weighted by molar-refractivity contribution is 5.68. The van der Waals surface area contributed by atoms with Gasteiger partial charge >= 0.3 is 6.09 Å². The number of hydrogen-bond donors (Lipinski definition) is 3. The summed E-state index contributed by atoms with van der Waals surface area (Å²) in [5.41, 5.74) is 0.565. The monoisotopic (exact) mass is 378 g/mol. The minimum absolute atomic E-state index is 0.0405. The second-order valence-electron chi connectivity index (χ2n) is 6.20. The van der Waals surface area contributed by atoms with Gasteiger partial charge in [-0.15, -0.1) is 0 Å². The van der Waals surface area contributed by atoms with Crippen molar-refractivity contribution in [2.75, 3.05) is 13.7 Å². The summed E-state index contributed by atoms with van der Waals surface area (Å²) in [5.74, 6) is -2.38. The molecular weight excluding hydrogens is 358 g/mol. The predicted octanol–water partition coefficient (Wildman–Crippen LogP) is 2.27. The number of carbonyl (C=O) groups excluding carboxylic acids is 1. The van der Waals surface area contributed by atoms with E-state index in [0.29, 0.717) is 0 Å². The summed E-state index contributed by atoms with van der Waals surface area (Å²) in [6.07, 6.45) is -1.95. The van der Waals surface area contributed by atoms with Gasteiger partial charge in [0.2, 0.25) is 0 Å². The van der Waals surface area contributed by atoms with Crippen LogP contribution >= 0.6 is 0 Å². The molecule has 0 spiro atoms. The number of ether oxygens (including phenoxy) is 2. The van der Waals surface area contributed by atoms with Crippen LogP contribution in [0, 0.1) is 11.6 Å². The number of benzene rings is 2. The maximum atomic E-state index is 14.4. The lowest BCUT2D eigenvalue weighted by molar-refractivity contribution is 0.102. The van der Waals surface area contributed by atoms with E-state index in [1.807, 2.05) is 18.2 Å². The van der Waals surface area contributed by atoms with E-state index in [2.05, 4.69) is 10.6 Å². The van der Waals surface area contributed by atoms with Crippen LogP contribution in [0.25, 0.3) is 0 Å². The van der Waals surface area contributed by atoms with E-state index >= 15 is 0 Å². The van der Waals surface area contributed by atoms with E-state index < -0.39 is 35.9 Å². The molecule has 2 aromatic carbocycles. The quantitative estimate of drug-likeness (QED) is 0.744. The second-order valence-corrected chi connectivity index (χ2v) is 6.20. The van der Waals surface area contributed by atoms with Gasteiger partial charge in [0.1, 0.15) is 30.2 Å².